The first-order chi connectivity index (χ1) is 12.3. The molecule has 1 N–H and O–H groups in total. The third kappa shape index (κ3) is 4.43. The molecule has 1 aromatic carbocycles. The average molecular weight is 351 g/mol. The summed E-state index contributed by atoms with van der Waals surface area (Å²) in [5.41, 5.74) is 3.68. The van der Waals surface area contributed by atoms with Gasteiger partial charge in [-0.05, 0) is 54.0 Å². The maximum Gasteiger partial charge on any atom is 0.274 e. The molecular weight excluding hydrogens is 322 g/mol. The zero-order valence-corrected chi connectivity index (χ0v) is 16.2. The molecule has 1 unspecified atom stereocenters. The number of benzene rings is 1. The van der Waals surface area contributed by atoms with E-state index >= 15 is 0 Å². The Labute approximate surface area is 156 Å². The lowest BCUT2D eigenvalue weighted by atomic mass is 9.87. The summed E-state index contributed by atoms with van der Waals surface area (Å²) < 4.78 is 0. The van der Waals surface area contributed by atoms with Crippen molar-refractivity contribution in [2.45, 2.75) is 46.0 Å². The molecule has 138 valence electrons. The van der Waals surface area contributed by atoms with Crippen molar-refractivity contribution in [3.63, 3.8) is 0 Å². The van der Waals surface area contributed by atoms with E-state index < -0.39 is 0 Å². The Balaban J connectivity index is 1.64. The maximum atomic E-state index is 12.4. The minimum absolute atomic E-state index is 0.103. The molecule has 2 aromatic rings. The van der Waals surface area contributed by atoms with Gasteiger partial charge in [0.15, 0.2) is 0 Å². The van der Waals surface area contributed by atoms with Crippen LogP contribution in [0.5, 0.6) is 0 Å². The van der Waals surface area contributed by atoms with Crippen molar-refractivity contribution < 1.29 is 4.79 Å². The smallest absolute Gasteiger partial charge is 0.274 e. The van der Waals surface area contributed by atoms with Gasteiger partial charge in [-0.25, -0.2) is 4.98 Å². The Kier molecular flexibility index (Phi) is 5.30. The van der Waals surface area contributed by atoms with Crippen molar-refractivity contribution in [2.24, 2.45) is 5.92 Å². The lowest BCUT2D eigenvalue weighted by molar-refractivity contribution is 0.102. The number of carbonyl (C=O) groups is 1. The van der Waals surface area contributed by atoms with Crippen molar-refractivity contribution >= 4 is 17.3 Å². The molecular formula is C22H29N3O. The Bertz CT molecular complexity index is 744. The second kappa shape index (κ2) is 7.48. The molecule has 1 aromatic heterocycles. The summed E-state index contributed by atoms with van der Waals surface area (Å²) in [6.45, 7) is 10.9. The van der Waals surface area contributed by atoms with Gasteiger partial charge in [-0.3, -0.25) is 4.79 Å². The van der Waals surface area contributed by atoms with E-state index in [0.717, 1.165) is 24.5 Å². The van der Waals surface area contributed by atoms with Crippen LogP contribution >= 0.6 is 0 Å². The fraction of sp³-hybridized carbons (Fsp3) is 0.455. The number of nitrogens with one attached hydrogen (secondary N) is 1. The summed E-state index contributed by atoms with van der Waals surface area (Å²) in [6.07, 6.45) is 4.32. The van der Waals surface area contributed by atoms with Gasteiger partial charge in [-0.1, -0.05) is 39.8 Å². The molecule has 26 heavy (non-hydrogen) atoms. The number of carbonyl (C=O) groups excluding carboxylic acids is 1. The molecule has 0 saturated carbocycles. The molecule has 3 rings (SSSR count). The fourth-order valence-electron chi connectivity index (χ4n) is 3.38. The highest BCUT2D eigenvalue weighted by Gasteiger charge is 2.18. The number of anilines is 2. The molecule has 1 aliphatic heterocycles. The van der Waals surface area contributed by atoms with Gasteiger partial charge in [0.1, 0.15) is 5.69 Å². The van der Waals surface area contributed by atoms with E-state index in [1.54, 1.807) is 0 Å². The molecule has 0 spiro atoms. The predicted molar refractivity (Wildman–Crippen MR) is 108 cm³/mol. The number of hydrogen-bond acceptors (Lipinski definition) is 3. The number of rotatable bonds is 3. The molecule has 2 heterocycles. The molecule has 1 aliphatic rings. The largest absolute Gasteiger partial charge is 0.370 e. The van der Waals surface area contributed by atoms with E-state index in [1.165, 1.54) is 18.4 Å². The summed E-state index contributed by atoms with van der Waals surface area (Å²) in [5.74, 6) is 0.537. The van der Waals surface area contributed by atoms with Crippen LogP contribution in [0.15, 0.2) is 42.6 Å². The second-order valence-electron chi connectivity index (χ2n) is 8.38. The topological polar surface area (TPSA) is 45.2 Å². The summed E-state index contributed by atoms with van der Waals surface area (Å²) in [7, 11) is 0. The van der Waals surface area contributed by atoms with Crippen molar-refractivity contribution in [3.8, 4) is 0 Å². The summed E-state index contributed by atoms with van der Waals surface area (Å²) in [5, 5.41) is 2.93. The number of pyridine rings is 1. The Hall–Kier alpha value is -2.36. The molecule has 1 saturated heterocycles. The molecule has 1 amide bonds. The lowest BCUT2D eigenvalue weighted by Crippen LogP contribution is -2.34. The van der Waals surface area contributed by atoms with Crippen LogP contribution in [0.3, 0.4) is 0 Å². The molecule has 4 nitrogen and oxygen atoms in total. The minimum atomic E-state index is -0.174. The fourth-order valence-corrected chi connectivity index (χ4v) is 3.38. The van der Waals surface area contributed by atoms with Crippen LogP contribution in [0.4, 0.5) is 11.4 Å². The van der Waals surface area contributed by atoms with E-state index in [4.69, 9.17) is 0 Å². The van der Waals surface area contributed by atoms with Crippen molar-refractivity contribution in [1.82, 2.24) is 4.98 Å². The highest BCUT2D eigenvalue weighted by atomic mass is 16.1. The van der Waals surface area contributed by atoms with E-state index in [0.29, 0.717) is 11.6 Å². The SMILES string of the molecule is CC1CCCN(c2ccc(C(=O)Nc3ccc(C(C)(C)C)cc3)nc2)C1. The molecule has 1 atom stereocenters. The second-order valence-corrected chi connectivity index (χ2v) is 8.38. The van der Waals surface area contributed by atoms with Gasteiger partial charge in [0.05, 0.1) is 11.9 Å². The van der Waals surface area contributed by atoms with Crippen LogP contribution in [-0.4, -0.2) is 24.0 Å². The molecule has 4 heteroatoms. The van der Waals surface area contributed by atoms with E-state index in [2.05, 4.69) is 55.0 Å². The summed E-state index contributed by atoms with van der Waals surface area (Å²) >= 11 is 0. The highest BCUT2D eigenvalue weighted by molar-refractivity contribution is 6.02. The van der Waals surface area contributed by atoms with Gasteiger partial charge in [0, 0.05) is 18.8 Å². The van der Waals surface area contributed by atoms with Crippen LogP contribution in [0.25, 0.3) is 0 Å². The zero-order chi connectivity index (χ0) is 18.7. The first kappa shape index (κ1) is 18.4. The van der Waals surface area contributed by atoms with Gasteiger partial charge < -0.3 is 10.2 Å². The molecule has 0 bridgehead atoms. The van der Waals surface area contributed by atoms with Gasteiger partial charge in [-0.2, -0.15) is 0 Å². The molecule has 0 radical (unpaired) electrons. The number of aromatic nitrogens is 1. The summed E-state index contributed by atoms with van der Waals surface area (Å²) in [4.78, 5) is 19.2. The number of piperidine rings is 1. The maximum absolute atomic E-state index is 12.4. The number of nitrogens with zero attached hydrogens (tertiary/aromatic N) is 2. The van der Waals surface area contributed by atoms with Crippen LogP contribution in [-0.2, 0) is 5.41 Å². The molecule has 0 aliphatic carbocycles. The third-order valence-corrected chi connectivity index (χ3v) is 5.01. The van der Waals surface area contributed by atoms with Crippen LogP contribution in [0.1, 0.15) is 56.6 Å². The Morgan fingerprint density at radius 3 is 2.46 bits per heavy atom. The number of hydrogen-bond donors (Lipinski definition) is 1. The van der Waals surface area contributed by atoms with Crippen molar-refractivity contribution in [1.29, 1.82) is 0 Å². The van der Waals surface area contributed by atoms with Gasteiger partial charge in [0.2, 0.25) is 0 Å². The van der Waals surface area contributed by atoms with Gasteiger partial charge in [-0.15, -0.1) is 0 Å². The third-order valence-electron chi connectivity index (χ3n) is 5.01. The lowest BCUT2D eigenvalue weighted by Gasteiger charge is -2.32. The van der Waals surface area contributed by atoms with Gasteiger partial charge in [0.25, 0.3) is 5.91 Å². The van der Waals surface area contributed by atoms with Crippen LogP contribution < -0.4 is 10.2 Å². The zero-order valence-electron chi connectivity index (χ0n) is 16.2. The van der Waals surface area contributed by atoms with E-state index in [-0.39, 0.29) is 11.3 Å². The van der Waals surface area contributed by atoms with E-state index in [9.17, 15) is 4.79 Å². The first-order valence-electron chi connectivity index (χ1n) is 9.46. The highest BCUT2D eigenvalue weighted by Crippen LogP contribution is 2.24. The molecule has 1 fully saturated rings. The first-order valence-corrected chi connectivity index (χ1v) is 9.46. The van der Waals surface area contributed by atoms with Crippen molar-refractivity contribution in [3.05, 3.63) is 53.9 Å². The van der Waals surface area contributed by atoms with Crippen LogP contribution in [0, 0.1) is 5.92 Å². The standard InChI is InChI=1S/C22H29N3O/c1-16-6-5-13-25(15-16)19-11-12-20(23-14-19)21(26)24-18-9-7-17(8-10-18)22(2,3)4/h7-12,14,16H,5-6,13,15H2,1-4H3,(H,24,26). The Morgan fingerprint density at radius 1 is 1.15 bits per heavy atom. The number of amides is 1. The monoisotopic (exact) mass is 351 g/mol. The Morgan fingerprint density at radius 2 is 1.88 bits per heavy atom. The summed E-state index contributed by atoms with van der Waals surface area (Å²) in [6, 6.07) is 11.8. The predicted octanol–water partition coefficient (Wildman–Crippen LogP) is 4.87. The quantitative estimate of drug-likeness (QED) is 0.858. The average Bonchev–Trinajstić information content (AvgIpc) is 2.61. The van der Waals surface area contributed by atoms with E-state index in [1.807, 2.05) is 30.5 Å². The van der Waals surface area contributed by atoms with Crippen LogP contribution in [0.2, 0.25) is 0 Å². The van der Waals surface area contributed by atoms with Gasteiger partial charge >= 0.3 is 0 Å². The minimum Gasteiger partial charge on any atom is -0.370 e. The van der Waals surface area contributed by atoms with Crippen molar-refractivity contribution in [2.75, 3.05) is 23.3 Å². The normalized spacial score (nSPS) is 17.8.